The van der Waals surface area contributed by atoms with E-state index >= 15 is 0 Å². The molecule has 0 aliphatic carbocycles. The van der Waals surface area contributed by atoms with Gasteiger partial charge in [0.25, 0.3) is 0 Å². The molecule has 2 heteroatoms. The minimum Gasteiger partial charge on any atom is -0.465 e. The molecule has 0 N–H and O–H groups in total. The van der Waals surface area contributed by atoms with Crippen molar-refractivity contribution in [2.24, 2.45) is 0 Å². The second-order valence-corrected chi connectivity index (χ2v) is 1.74. The van der Waals surface area contributed by atoms with E-state index in [2.05, 4.69) is 4.74 Å². The van der Waals surface area contributed by atoms with Crippen LogP contribution in [0.3, 0.4) is 0 Å². The molecule has 10 heavy (non-hydrogen) atoms. The highest BCUT2D eigenvalue weighted by atomic mass is 16.5. The predicted molar refractivity (Wildman–Crippen MR) is 40.6 cm³/mol. The molecule has 0 bridgehead atoms. The summed E-state index contributed by atoms with van der Waals surface area (Å²) in [7, 11) is 1.37. The summed E-state index contributed by atoms with van der Waals surface area (Å²) < 4.78 is 4.50. The summed E-state index contributed by atoms with van der Waals surface area (Å²) in [5.74, 6) is -0.291. The van der Waals surface area contributed by atoms with Crippen molar-refractivity contribution in [3.63, 3.8) is 0 Å². The maximum absolute atomic E-state index is 10.8. The fourth-order valence-corrected chi connectivity index (χ4v) is 0.580. The summed E-state index contributed by atoms with van der Waals surface area (Å²) in [6, 6.07) is 0. The van der Waals surface area contributed by atoms with Crippen LogP contribution < -0.4 is 0 Å². The van der Waals surface area contributed by atoms with Crippen molar-refractivity contribution in [3.05, 3.63) is 23.8 Å². The largest absolute Gasteiger partial charge is 0.465 e. The quantitative estimate of drug-likeness (QED) is 0.331. The van der Waals surface area contributed by atoms with Gasteiger partial charge in [0.05, 0.1) is 12.7 Å². The zero-order valence-electron chi connectivity index (χ0n) is 6.55. The molecule has 2 nitrogen and oxygen atoms in total. The minimum absolute atomic E-state index is 0.291. The molecular weight excluding hydrogens is 128 g/mol. The standard InChI is InChI=1S/C8H12O2/c1-4-6-7(5-2)8(9)10-3/h4-6H,1-3H3. The molecule has 0 atom stereocenters. The maximum atomic E-state index is 10.8. The molecule has 0 amide bonds. The lowest BCUT2D eigenvalue weighted by atomic mass is 10.2. The van der Waals surface area contributed by atoms with E-state index in [0.717, 1.165) is 0 Å². The third kappa shape index (κ3) is 2.49. The first kappa shape index (κ1) is 8.95. The fourth-order valence-electron chi connectivity index (χ4n) is 0.580. The molecule has 56 valence electrons. The number of esters is 1. The van der Waals surface area contributed by atoms with Crippen molar-refractivity contribution in [1.29, 1.82) is 0 Å². The number of methoxy groups -OCH3 is 1. The number of hydrogen-bond acceptors (Lipinski definition) is 2. The molecule has 0 aliphatic rings. The molecule has 0 aromatic rings. The van der Waals surface area contributed by atoms with E-state index in [1.165, 1.54) is 7.11 Å². The van der Waals surface area contributed by atoms with Crippen LogP contribution in [0.2, 0.25) is 0 Å². The summed E-state index contributed by atoms with van der Waals surface area (Å²) >= 11 is 0. The molecule has 0 fully saturated rings. The highest BCUT2D eigenvalue weighted by Gasteiger charge is 2.01. The van der Waals surface area contributed by atoms with Crippen LogP contribution in [0.4, 0.5) is 0 Å². The van der Waals surface area contributed by atoms with Crippen LogP contribution in [0.1, 0.15) is 13.8 Å². The van der Waals surface area contributed by atoms with Gasteiger partial charge in [-0.2, -0.15) is 0 Å². The summed E-state index contributed by atoms with van der Waals surface area (Å²) in [5, 5.41) is 0. The maximum Gasteiger partial charge on any atom is 0.337 e. The molecule has 0 rings (SSSR count). The average molecular weight is 140 g/mol. The van der Waals surface area contributed by atoms with Crippen LogP contribution in [-0.4, -0.2) is 13.1 Å². The van der Waals surface area contributed by atoms with Gasteiger partial charge in [0.2, 0.25) is 0 Å². The molecule has 0 aromatic carbocycles. The monoisotopic (exact) mass is 140 g/mol. The Kier molecular flexibility index (Phi) is 4.29. The Labute approximate surface area is 61.2 Å². The van der Waals surface area contributed by atoms with Crippen LogP contribution in [0.25, 0.3) is 0 Å². The van der Waals surface area contributed by atoms with Gasteiger partial charge in [-0.25, -0.2) is 4.79 Å². The third-order valence-electron chi connectivity index (χ3n) is 1.08. The van der Waals surface area contributed by atoms with Gasteiger partial charge in [0, 0.05) is 0 Å². The molecular formula is C8H12O2. The second-order valence-electron chi connectivity index (χ2n) is 1.74. The zero-order chi connectivity index (χ0) is 7.98. The number of rotatable bonds is 2. The van der Waals surface area contributed by atoms with Crippen molar-refractivity contribution in [2.75, 3.05) is 7.11 Å². The molecule has 0 saturated carbocycles. The Bertz CT molecular complexity index is 166. The molecule has 0 aromatic heterocycles. The Morgan fingerprint density at radius 1 is 1.40 bits per heavy atom. The normalized spacial score (nSPS) is 12.1. The van der Waals surface area contributed by atoms with Crippen LogP contribution in [-0.2, 0) is 9.53 Å². The average Bonchev–Trinajstić information content (AvgIpc) is 1.99. The van der Waals surface area contributed by atoms with Crippen molar-refractivity contribution in [2.45, 2.75) is 13.8 Å². The molecule has 0 spiro atoms. The van der Waals surface area contributed by atoms with Crippen molar-refractivity contribution >= 4 is 5.97 Å². The number of carbonyl (C=O) groups is 1. The first-order valence-corrected chi connectivity index (χ1v) is 3.13. The van der Waals surface area contributed by atoms with Crippen molar-refractivity contribution < 1.29 is 9.53 Å². The van der Waals surface area contributed by atoms with E-state index in [9.17, 15) is 4.79 Å². The van der Waals surface area contributed by atoms with Gasteiger partial charge in [-0.05, 0) is 13.8 Å². The summed E-state index contributed by atoms with van der Waals surface area (Å²) in [6.07, 6.45) is 5.23. The van der Waals surface area contributed by atoms with Gasteiger partial charge in [0.15, 0.2) is 0 Å². The number of ether oxygens (including phenoxy) is 1. The lowest BCUT2D eigenvalue weighted by Crippen LogP contribution is -2.01. The van der Waals surface area contributed by atoms with Crippen LogP contribution >= 0.6 is 0 Å². The SMILES string of the molecule is CC=CC(=CC)C(=O)OC. The Balaban J connectivity index is 4.23. The molecule has 0 unspecified atom stereocenters. The fraction of sp³-hybridized carbons (Fsp3) is 0.375. The van der Waals surface area contributed by atoms with E-state index in [1.54, 1.807) is 25.2 Å². The van der Waals surface area contributed by atoms with Gasteiger partial charge in [0.1, 0.15) is 0 Å². The first-order chi connectivity index (χ1) is 4.76. The Hall–Kier alpha value is -1.05. The van der Waals surface area contributed by atoms with Crippen LogP contribution in [0, 0.1) is 0 Å². The van der Waals surface area contributed by atoms with Crippen LogP contribution in [0.15, 0.2) is 23.8 Å². The van der Waals surface area contributed by atoms with Crippen molar-refractivity contribution in [1.82, 2.24) is 0 Å². The predicted octanol–water partition coefficient (Wildman–Crippen LogP) is 1.68. The smallest absolute Gasteiger partial charge is 0.337 e. The van der Waals surface area contributed by atoms with E-state index in [-0.39, 0.29) is 5.97 Å². The van der Waals surface area contributed by atoms with E-state index in [0.29, 0.717) is 5.57 Å². The van der Waals surface area contributed by atoms with E-state index in [1.807, 2.05) is 6.92 Å². The van der Waals surface area contributed by atoms with Gasteiger partial charge in [-0.15, -0.1) is 0 Å². The Morgan fingerprint density at radius 2 is 2.00 bits per heavy atom. The molecule has 0 heterocycles. The number of allylic oxidation sites excluding steroid dienone is 2. The molecule has 0 saturated heterocycles. The summed E-state index contributed by atoms with van der Waals surface area (Å²) in [4.78, 5) is 10.8. The van der Waals surface area contributed by atoms with Crippen LogP contribution in [0.5, 0.6) is 0 Å². The summed E-state index contributed by atoms with van der Waals surface area (Å²) in [5.41, 5.74) is 0.588. The lowest BCUT2D eigenvalue weighted by molar-refractivity contribution is -0.135. The van der Waals surface area contributed by atoms with E-state index in [4.69, 9.17) is 0 Å². The Morgan fingerprint density at radius 3 is 2.30 bits per heavy atom. The van der Waals surface area contributed by atoms with Gasteiger partial charge < -0.3 is 4.74 Å². The first-order valence-electron chi connectivity index (χ1n) is 3.13. The zero-order valence-corrected chi connectivity index (χ0v) is 6.55. The highest BCUT2D eigenvalue weighted by molar-refractivity contribution is 5.91. The van der Waals surface area contributed by atoms with Gasteiger partial charge >= 0.3 is 5.97 Å². The highest BCUT2D eigenvalue weighted by Crippen LogP contribution is 1.98. The van der Waals surface area contributed by atoms with Gasteiger partial charge in [-0.1, -0.05) is 18.2 Å². The number of hydrogen-bond donors (Lipinski definition) is 0. The lowest BCUT2D eigenvalue weighted by Gasteiger charge is -1.96. The molecule has 0 radical (unpaired) electrons. The van der Waals surface area contributed by atoms with Crippen molar-refractivity contribution in [3.8, 4) is 0 Å². The van der Waals surface area contributed by atoms with E-state index < -0.39 is 0 Å². The second kappa shape index (κ2) is 4.79. The minimum atomic E-state index is -0.291. The van der Waals surface area contributed by atoms with Gasteiger partial charge in [-0.3, -0.25) is 0 Å². The number of carbonyl (C=O) groups excluding carboxylic acids is 1. The topological polar surface area (TPSA) is 26.3 Å². The summed E-state index contributed by atoms with van der Waals surface area (Å²) in [6.45, 7) is 3.65. The molecule has 0 aliphatic heterocycles. The third-order valence-corrected chi connectivity index (χ3v) is 1.08.